The van der Waals surface area contributed by atoms with Crippen molar-refractivity contribution < 1.29 is 33.6 Å². The molecule has 226 valence electrons. The molecule has 8 rings (SSSR count). The first-order valence-corrected chi connectivity index (χ1v) is 16.4. The van der Waals surface area contributed by atoms with Gasteiger partial charge in [-0.2, -0.15) is 0 Å². The zero-order valence-corrected chi connectivity index (χ0v) is 25.0. The van der Waals surface area contributed by atoms with Gasteiger partial charge in [0.1, 0.15) is 24.4 Å². The molecule has 0 saturated heterocycles. The Kier molecular flexibility index (Phi) is 8.06. The van der Waals surface area contributed by atoms with Crippen LogP contribution < -0.4 is 0 Å². The van der Waals surface area contributed by atoms with E-state index in [1.165, 1.54) is 64.2 Å². The second kappa shape index (κ2) is 11.1. The molecule has 0 aromatic heterocycles. The summed E-state index contributed by atoms with van der Waals surface area (Å²) in [5.74, 6) is 4.61. The number of ether oxygens (including phenoxy) is 4. The van der Waals surface area contributed by atoms with Gasteiger partial charge in [-0.15, -0.1) is 0 Å². The van der Waals surface area contributed by atoms with E-state index in [1.54, 1.807) is 0 Å². The van der Waals surface area contributed by atoms with Crippen LogP contribution in [0.3, 0.4) is 0 Å². The Labute approximate surface area is 240 Å². The van der Waals surface area contributed by atoms with Crippen molar-refractivity contribution in [1.82, 2.24) is 0 Å². The van der Waals surface area contributed by atoms with E-state index in [1.807, 2.05) is 6.92 Å². The smallest absolute Gasteiger partial charge is 0.332 e. The van der Waals surface area contributed by atoms with Crippen molar-refractivity contribution in [2.75, 3.05) is 33.0 Å². The van der Waals surface area contributed by atoms with E-state index >= 15 is 0 Å². The molecule has 8 aliphatic carbocycles. The Hall–Kier alpha value is -1.18. The fraction of sp³-hybridized carbons (Fsp3) is 0.939. The molecule has 7 nitrogen and oxygen atoms in total. The molecular weight excluding hydrogens is 508 g/mol. The molecular formula is C33H52O7. The predicted octanol–water partition coefficient (Wildman–Crippen LogP) is 5.31. The fourth-order valence-corrected chi connectivity index (χ4v) is 11.0. The van der Waals surface area contributed by atoms with Crippen molar-refractivity contribution in [1.29, 1.82) is 0 Å². The van der Waals surface area contributed by atoms with Crippen LogP contribution in [-0.2, 0) is 28.5 Å². The monoisotopic (exact) mass is 560 g/mol. The van der Waals surface area contributed by atoms with Crippen LogP contribution in [0.15, 0.2) is 0 Å². The lowest BCUT2D eigenvalue weighted by Gasteiger charge is -2.60. The molecule has 0 heterocycles. The summed E-state index contributed by atoms with van der Waals surface area (Å²) in [7, 11) is 0. The zero-order valence-electron chi connectivity index (χ0n) is 25.0. The van der Waals surface area contributed by atoms with Gasteiger partial charge in [0, 0.05) is 5.41 Å². The van der Waals surface area contributed by atoms with E-state index in [9.17, 15) is 14.7 Å². The first-order valence-electron chi connectivity index (χ1n) is 16.4. The number of rotatable bonds is 13. The molecule has 7 heteroatoms. The third kappa shape index (κ3) is 5.15. The molecule has 0 atom stereocenters. The molecule has 40 heavy (non-hydrogen) atoms. The molecule has 1 N–H and O–H groups in total. The van der Waals surface area contributed by atoms with E-state index < -0.39 is 5.41 Å². The largest absolute Gasteiger partial charge is 0.457 e. The molecule has 0 aromatic carbocycles. The first-order chi connectivity index (χ1) is 19.2. The highest BCUT2D eigenvalue weighted by atomic mass is 16.6. The summed E-state index contributed by atoms with van der Waals surface area (Å²) in [6, 6.07) is 0. The minimum absolute atomic E-state index is 0.130. The average Bonchev–Trinajstić information content (AvgIpc) is 2.92. The molecule has 8 bridgehead atoms. The van der Waals surface area contributed by atoms with E-state index in [4.69, 9.17) is 18.9 Å². The number of hydrogen-bond donors (Lipinski definition) is 1. The van der Waals surface area contributed by atoms with Crippen molar-refractivity contribution in [3.8, 4) is 0 Å². The Morgan fingerprint density at radius 2 is 0.975 bits per heavy atom. The Bertz CT molecular complexity index is 817. The summed E-state index contributed by atoms with van der Waals surface area (Å²) in [6.07, 6.45) is 14.0. The highest BCUT2D eigenvalue weighted by molar-refractivity contribution is 5.72. The van der Waals surface area contributed by atoms with Crippen LogP contribution >= 0.6 is 0 Å². The summed E-state index contributed by atoms with van der Waals surface area (Å²) in [4.78, 5) is 25.9. The molecule has 8 saturated carbocycles. The van der Waals surface area contributed by atoms with Gasteiger partial charge in [-0.25, -0.2) is 9.59 Å². The topological polar surface area (TPSA) is 91.3 Å². The fourth-order valence-electron chi connectivity index (χ4n) is 11.0. The number of esters is 2. The molecule has 0 aromatic rings. The van der Waals surface area contributed by atoms with Gasteiger partial charge in [0.15, 0.2) is 0 Å². The van der Waals surface area contributed by atoms with Crippen LogP contribution in [-0.4, -0.2) is 61.3 Å². The number of carbonyl (C=O) groups is 2. The molecule has 0 spiro atoms. The maximum absolute atomic E-state index is 12.9. The van der Waals surface area contributed by atoms with Crippen molar-refractivity contribution in [3.05, 3.63) is 0 Å². The Morgan fingerprint density at radius 3 is 1.25 bits per heavy atom. The van der Waals surface area contributed by atoms with Crippen molar-refractivity contribution in [3.63, 3.8) is 0 Å². The van der Waals surface area contributed by atoms with Gasteiger partial charge in [0.2, 0.25) is 0 Å². The van der Waals surface area contributed by atoms with Gasteiger partial charge in [-0.05, 0) is 124 Å². The van der Waals surface area contributed by atoms with Crippen LogP contribution in [0.2, 0.25) is 0 Å². The maximum Gasteiger partial charge on any atom is 0.332 e. The average molecular weight is 561 g/mol. The third-order valence-electron chi connectivity index (χ3n) is 12.5. The van der Waals surface area contributed by atoms with Crippen LogP contribution in [0.4, 0.5) is 0 Å². The quantitative estimate of drug-likeness (QED) is 0.305. The second-order valence-electron chi connectivity index (χ2n) is 15.1. The van der Waals surface area contributed by atoms with E-state index in [-0.39, 0.29) is 56.2 Å². The van der Waals surface area contributed by atoms with E-state index in [0.29, 0.717) is 23.7 Å². The number of carbonyl (C=O) groups excluding carboxylic acids is 2. The normalized spacial score (nSPS) is 44.0. The number of hydrogen-bond acceptors (Lipinski definition) is 7. The minimum Gasteiger partial charge on any atom is -0.457 e. The molecule has 8 fully saturated rings. The van der Waals surface area contributed by atoms with Crippen LogP contribution in [0.1, 0.15) is 97.8 Å². The highest BCUT2D eigenvalue weighted by Crippen LogP contribution is 2.61. The summed E-state index contributed by atoms with van der Waals surface area (Å²) >= 11 is 0. The van der Waals surface area contributed by atoms with Crippen molar-refractivity contribution in [2.45, 2.75) is 109 Å². The van der Waals surface area contributed by atoms with Crippen LogP contribution in [0.25, 0.3) is 0 Å². The SMILES string of the molecule is CCC1(OC(=O)COCC(C)(CO)COCC(=O)OC2(CC)C3CC4CC(C3)CC2C4)C2CC3CC(C2)CC1C3. The molecule has 0 unspecified atom stereocenters. The maximum atomic E-state index is 12.9. The van der Waals surface area contributed by atoms with Gasteiger partial charge >= 0.3 is 11.9 Å². The summed E-state index contributed by atoms with van der Waals surface area (Å²) < 4.78 is 24.0. The Morgan fingerprint density at radius 1 is 0.650 bits per heavy atom. The lowest BCUT2D eigenvalue weighted by Crippen LogP contribution is -2.59. The van der Waals surface area contributed by atoms with Crippen LogP contribution in [0.5, 0.6) is 0 Å². The molecule has 0 amide bonds. The third-order valence-corrected chi connectivity index (χ3v) is 12.5. The highest BCUT2D eigenvalue weighted by Gasteiger charge is 2.59. The molecule has 0 radical (unpaired) electrons. The zero-order chi connectivity index (χ0) is 28.1. The van der Waals surface area contributed by atoms with Gasteiger partial charge in [-0.1, -0.05) is 20.8 Å². The lowest BCUT2D eigenvalue weighted by molar-refractivity contribution is -0.215. The minimum atomic E-state index is -0.726. The lowest BCUT2D eigenvalue weighted by atomic mass is 9.49. The predicted molar refractivity (Wildman–Crippen MR) is 149 cm³/mol. The summed E-state index contributed by atoms with van der Waals surface area (Å²) in [5.41, 5.74) is -1.38. The van der Waals surface area contributed by atoms with Gasteiger partial charge in [0.05, 0.1) is 19.8 Å². The Balaban J connectivity index is 0.948. The van der Waals surface area contributed by atoms with E-state index in [0.717, 1.165) is 36.5 Å². The summed E-state index contributed by atoms with van der Waals surface area (Å²) in [6.45, 7) is 6.03. The van der Waals surface area contributed by atoms with Gasteiger partial charge < -0.3 is 24.1 Å². The van der Waals surface area contributed by atoms with E-state index in [2.05, 4.69) is 13.8 Å². The van der Waals surface area contributed by atoms with Crippen molar-refractivity contribution in [2.24, 2.45) is 52.8 Å². The first kappa shape index (κ1) is 28.9. The second-order valence-corrected chi connectivity index (χ2v) is 15.1. The molecule has 0 aliphatic heterocycles. The summed E-state index contributed by atoms with van der Waals surface area (Å²) in [5, 5.41) is 10.1. The van der Waals surface area contributed by atoms with Gasteiger partial charge in [0.25, 0.3) is 0 Å². The van der Waals surface area contributed by atoms with Crippen LogP contribution in [0, 0.1) is 52.8 Å². The number of aliphatic hydroxyl groups excluding tert-OH is 1. The molecule has 8 aliphatic rings. The standard InChI is InChI=1S/C33H52O7/c1-4-32(25-8-21-6-22(10-25)11-26(32)9-21)39-29(35)16-37-19-31(3,18-34)20-38-17-30(36)40-33(5-2)27-12-23-7-24(14-27)15-28(33)13-23/h21-28,34H,4-20H2,1-3H3. The number of aliphatic hydroxyl groups is 1. The van der Waals surface area contributed by atoms with Gasteiger partial charge in [-0.3, -0.25) is 0 Å². The van der Waals surface area contributed by atoms with Crippen molar-refractivity contribution >= 4 is 11.9 Å².